The SMILES string of the molecule is Cc1sc2nc(CS[C@@H](C)C(=O)NCC(C)C)[nH]c(=O)c2c1C. The minimum absolute atomic E-state index is 0.0231. The van der Waals surface area contributed by atoms with Gasteiger partial charge in [-0.15, -0.1) is 23.1 Å². The first-order chi connectivity index (χ1) is 10.8. The first-order valence-corrected chi connectivity index (χ1v) is 9.54. The van der Waals surface area contributed by atoms with Gasteiger partial charge in [0, 0.05) is 11.4 Å². The third-order valence-electron chi connectivity index (χ3n) is 3.61. The average Bonchev–Trinajstić information content (AvgIpc) is 2.77. The molecule has 2 N–H and O–H groups in total. The number of amides is 1. The van der Waals surface area contributed by atoms with E-state index in [1.54, 1.807) is 0 Å². The maximum atomic E-state index is 12.2. The molecule has 2 aromatic rings. The molecule has 1 amide bonds. The van der Waals surface area contributed by atoms with Gasteiger partial charge < -0.3 is 10.3 Å². The van der Waals surface area contributed by atoms with Gasteiger partial charge >= 0.3 is 0 Å². The lowest BCUT2D eigenvalue weighted by Gasteiger charge is -2.13. The number of aromatic nitrogens is 2. The number of nitrogens with zero attached hydrogens (tertiary/aromatic N) is 1. The van der Waals surface area contributed by atoms with Crippen LogP contribution in [0.1, 0.15) is 37.0 Å². The van der Waals surface area contributed by atoms with Crippen LogP contribution >= 0.6 is 23.1 Å². The van der Waals surface area contributed by atoms with E-state index in [1.807, 2.05) is 20.8 Å². The van der Waals surface area contributed by atoms with Gasteiger partial charge in [-0.05, 0) is 32.3 Å². The maximum absolute atomic E-state index is 12.2. The Morgan fingerprint density at radius 1 is 1.35 bits per heavy atom. The van der Waals surface area contributed by atoms with Crippen LogP contribution in [0, 0.1) is 19.8 Å². The summed E-state index contributed by atoms with van der Waals surface area (Å²) in [6.07, 6.45) is 0. The van der Waals surface area contributed by atoms with Crippen LogP contribution in [0.3, 0.4) is 0 Å². The summed E-state index contributed by atoms with van der Waals surface area (Å²) >= 11 is 3.02. The Balaban J connectivity index is 2.05. The molecule has 0 spiro atoms. The highest BCUT2D eigenvalue weighted by atomic mass is 32.2. The number of thioether (sulfide) groups is 1. The van der Waals surface area contributed by atoms with Crippen molar-refractivity contribution < 1.29 is 4.79 Å². The number of fused-ring (bicyclic) bond motifs is 1. The van der Waals surface area contributed by atoms with Gasteiger partial charge in [-0.3, -0.25) is 9.59 Å². The van der Waals surface area contributed by atoms with Gasteiger partial charge in [-0.25, -0.2) is 4.98 Å². The molecular formula is C16H23N3O2S2. The van der Waals surface area contributed by atoms with Gasteiger partial charge in [0.15, 0.2) is 0 Å². The number of hydrogen-bond donors (Lipinski definition) is 2. The summed E-state index contributed by atoms with van der Waals surface area (Å²) < 4.78 is 0. The maximum Gasteiger partial charge on any atom is 0.259 e. The van der Waals surface area contributed by atoms with E-state index >= 15 is 0 Å². The summed E-state index contributed by atoms with van der Waals surface area (Å²) in [5.74, 6) is 1.59. The summed E-state index contributed by atoms with van der Waals surface area (Å²) in [7, 11) is 0. The van der Waals surface area contributed by atoms with E-state index in [-0.39, 0.29) is 16.7 Å². The predicted molar refractivity (Wildman–Crippen MR) is 98.3 cm³/mol. The number of thiophene rings is 1. The number of carbonyl (C=O) groups excluding carboxylic acids is 1. The number of H-pyrrole nitrogens is 1. The van der Waals surface area contributed by atoms with Gasteiger partial charge in [0.05, 0.1) is 16.4 Å². The van der Waals surface area contributed by atoms with Gasteiger partial charge in [0.25, 0.3) is 5.56 Å². The van der Waals surface area contributed by atoms with E-state index in [4.69, 9.17) is 0 Å². The van der Waals surface area contributed by atoms with Gasteiger partial charge in [0.2, 0.25) is 5.91 Å². The molecule has 0 radical (unpaired) electrons. The minimum atomic E-state index is -0.179. The molecule has 1 atom stereocenters. The van der Waals surface area contributed by atoms with Gasteiger partial charge in [0.1, 0.15) is 10.7 Å². The first-order valence-electron chi connectivity index (χ1n) is 7.67. The molecule has 5 nitrogen and oxygen atoms in total. The van der Waals surface area contributed by atoms with Crippen LogP contribution in [0.25, 0.3) is 10.2 Å². The summed E-state index contributed by atoms with van der Waals surface area (Å²) in [4.78, 5) is 33.4. The molecular weight excluding hydrogens is 330 g/mol. The van der Waals surface area contributed by atoms with Gasteiger partial charge in [-0.1, -0.05) is 13.8 Å². The fourth-order valence-corrected chi connectivity index (χ4v) is 3.92. The van der Waals surface area contributed by atoms with Gasteiger partial charge in [-0.2, -0.15) is 0 Å². The Morgan fingerprint density at radius 2 is 2.04 bits per heavy atom. The monoisotopic (exact) mass is 353 g/mol. The predicted octanol–water partition coefficient (Wildman–Crippen LogP) is 3.00. The molecule has 0 fully saturated rings. The first kappa shape index (κ1) is 18.0. The third kappa shape index (κ3) is 4.35. The molecule has 2 aromatic heterocycles. The van der Waals surface area contributed by atoms with Crippen LogP contribution in [0.15, 0.2) is 4.79 Å². The molecule has 0 aliphatic heterocycles. The fourth-order valence-electron chi connectivity index (χ4n) is 2.10. The van der Waals surface area contributed by atoms with Crippen molar-refractivity contribution in [2.24, 2.45) is 5.92 Å². The minimum Gasteiger partial charge on any atom is -0.355 e. The van der Waals surface area contributed by atoms with E-state index in [0.717, 1.165) is 15.3 Å². The Morgan fingerprint density at radius 3 is 2.70 bits per heavy atom. The molecule has 7 heteroatoms. The van der Waals surface area contributed by atoms with E-state index in [0.29, 0.717) is 29.4 Å². The Labute approximate surface area is 144 Å². The van der Waals surface area contributed by atoms with Crippen molar-refractivity contribution in [1.82, 2.24) is 15.3 Å². The lowest BCUT2D eigenvalue weighted by molar-refractivity contribution is -0.120. The highest BCUT2D eigenvalue weighted by molar-refractivity contribution is 7.99. The molecule has 2 heterocycles. The van der Waals surface area contributed by atoms with Crippen LogP contribution in [-0.4, -0.2) is 27.7 Å². The molecule has 0 saturated heterocycles. The lowest BCUT2D eigenvalue weighted by Crippen LogP contribution is -2.33. The smallest absolute Gasteiger partial charge is 0.259 e. The quantitative estimate of drug-likeness (QED) is 0.837. The normalized spacial score (nSPS) is 12.8. The zero-order valence-electron chi connectivity index (χ0n) is 14.1. The van der Waals surface area contributed by atoms with Crippen molar-refractivity contribution in [2.75, 3.05) is 6.54 Å². The van der Waals surface area contributed by atoms with Crippen molar-refractivity contribution in [1.29, 1.82) is 0 Å². The molecule has 0 aliphatic carbocycles. The van der Waals surface area contributed by atoms with Crippen LogP contribution in [0.4, 0.5) is 0 Å². The molecule has 126 valence electrons. The third-order valence-corrected chi connectivity index (χ3v) is 5.87. The largest absolute Gasteiger partial charge is 0.355 e. The average molecular weight is 354 g/mol. The summed E-state index contributed by atoms with van der Waals surface area (Å²) in [6.45, 7) is 10.6. The van der Waals surface area contributed by atoms with Crippen LogP contribution in [-0.2, 0) is 10.5 Å². The lowest BCUT2D eigenvalue weighted by atomic mass is 10.2. The Kier molecular flexibility index (Phi) is 5.86. The van der Waals surface area contributed by atoms with E-state index in [9.17, 15) is 9.59 Å². The summed E-state index contributed by atoms with van der Waals surface area (Å²) in [5, 5.41) is 3.43. The highest BCUT2D eigenvalue weighted by Gasteiger charge is 2.16. The molecule has 0 bridgehead atoms. The summed E-state index contributed by atoms with van der Waals surface area (Å²) in [6, 6.07) is 0. The number of nitrogens with one attached hydrogen (secondary N) is 2. The van der Waals surface area contributed by atoms with Crippen molar-refractivity contribution in [2.45, 2.75) is 45.6 Å². The number of rotatable bonds is 6. The van der Waals surface area contributed by atoms with Crippen molar-refractivity contribution in [3.63, 3.8) is 0 Å². The standard InChI is InChI=1S/C16H23N3O2S2/c1-8(2)6-17-14(20)11(5)22-7-12-18-15(21)13-9(3)10(4)23-16(13)19-12/h8,11H,6-7H2,1-5H3,(H,17,20)(H,18,19,21)/t11-/m0/s1. The topological polar surface area (TPSA) is 74.8 Å². The fraction of sp³-hybridized carbons (Fsp3) is 0.562. The second kappa shape index (κ2) is 7.49. The molecule has 0 saturated carbocycles. The Hall–Kier alpha value is -1.34. The summed E-state index contributed by atoms with van der Waals surface area (Å²) in [5.41, 5.74) is 0.906. The molecule has 0 aromatic carbocycles. The molecule has 0 unspecified atom stereocenters. The van der Waals surface area contributed by atoms with Crippen molar-refractivity contribution in [3.05, 3.63) is 26.6 Å². The zero-order chi connectivity index (χ0) is 17.1. The van der Waals surface area contributed by atoms with E-state index < -0.39 is 0 Å². The second-order valence-electron chi connectivity index (χ2n) is 6.07. The molecule has 0 aliphatic rings. The van der Waals surface area contributed by atoms with E-state index in [1.165, 1.54) is 23.1 Å². The number of aryl methyl sites for hydroxylation is 2. The van der Waals surface area contributed by atoms with Crippen LogP contribution in [0.5, 0.6) is 0 Å². The van der Waals surface area contributed by atoms with Crippen molar-refractivity contribution >= 4 is 39.2 Å². The number of carbonyl (C=O) groups is 1. The number of hydrogen-bond acceptors (Lipinski definition) is 5. The second-order valence-corrected chi connectivity index (χ2v) is 8.60. The van der Waals surface area contributed by atoms with Crippen molar-refractivity contribution in [3.8, 4) is 0 Å². The Bertz CT molecular complexity index is 765. The zero-order valence-corrected chi connectivity index (χ0v) is 15.8. The molecule has 2 rings (SSSR count). The molecule has 23 heavy (non-hydrogen) atoms. The van der Waals surface area contributed by atoms with Crippen LogP contribution < -0.4 is 10.9 Å². The van der Waals surface area contributed by atoms with Crippen LogP contribution in [0.2, 0.25) is 0 Å². The number of aromatic amines is 1. The highest BCUT2D eigenvalue weighted by Crippen LogP contribution is 2.26. The van der Waals surface area contributed by atoms with E-state index in [2.05, 4.69) is 29.1 Å².